The summed E-state index contributed by atoms with van der Waals surface area (Å²) in [5.74, 6) is -1.47. The topological polar surface area (TPSA) is 117 Å². The van der Waals surface area contributed by atoms with Gasteiger partial charge in [0.2, 0.25) is 17.4 Å². The molecule has 3 rings (SSSR count). The first kappa shape index (κ1) is 22.8. The molecule has 0 bridgehead atoms. The van der Waals surface area contributed by atoms with Gasteiger partial charge in [0.25, 0.3) is 0 Å². The molecule has 8 heteroatoms. The maximum atomic E-state index is 13.0. The van der Waals surface area contributed by atoms with E-state index in [1.807, 2.05) is 31.2 Å². The lowest BCUT2D eigenvalue weighted by atomic mass is 9.97. The Morgan fingerprint density at radius 2 is 2.00 bits per heavy atom. The molecule has 2 N–H and O–H groups in total. The number of likely N-dealkylation sites (tertiary alicyclic amines) is 1. The minimum Gasteiger partial charge on any atom is -0.463 e. The molecule has 8 nitrogen and oxygen atoms in total. The Labute approximate surface area is 182 Å². The Bertz CT molecular complexity index is 881. The second-order valence-corrected chi connectivity index (χ2v) is 8.20. The number of unbranched alkanes of at least 4 members (excludes halogenated alkanes) is 1. The summed E-state index contributed by atoms with van der Waals surface area (Å²) in [6.45, 7) is 3.49. The van der Waals surface area contributed by atoms with Crippen LogP contribution in [0.15, 0.2) is 24.3 Å². The van der Waals surface area contributed by atoms with Crippen molar-refractivity contribution in [3.63, 3.8) is 0 Å². The number of amides is 2. The van der Waals surface area contributed by atoms with E-state index >= 15 is 0 Å². The van der Waals surface area contributed by atoms with Crippen molar-refractivity contribution in [3.05, 3.63) is 35.4 Å². The van der Waals surface area contributed by atoms with Gasteiger partial charge < -0.3 is 20.3 Å². The summed E-state index contributed by atoms with van der Waals surface area (Å²) in [6, 6.07) is 8.86. The van der Waals surface area contributed by atoms with Crippen LogP contribution in [0.5, 0.6) is 0 Å². The van der Waals surface area contributed by atoms with E-state index in [0.29, 0.717) is 25.9 Å². The highest BCUT2D eigenvalue weighted by Crippen LogP contribution is 2.31. The van der Waals surface area contributed by atoms with Gasteiger partial charge in [-0.1, -0.05) is 37.6 Å². The van der Waals surface area contributed by atoms with Crippen molar-refractivity contribution >= 4 is 17.8 Å². The maximum absolute atomic E-state index is 13.0. The largest absolute Gasteiger partial charge is 0.463 e. The van der Waals surface area contributed by atoms with Gasteiger partial charge in [-0.15, -0.1) is 0 Å². The fourth-order valence-electron chi connectivity index (χ4n) is 4.23. The summed E-state index contributed by atoms with van der Waals surface area (Å²) in [7, 11) is 0. The number of hydrogen-bond acceptors (Lipinski definition) is 6. The number of esters is 1. The smallest absolute Gasteiger partial charge is 0.347 e. The highest BCUT2D eigenvalue weighted by atomic mass is 16.5. The van der Waals surface area contributed by atoms with E-state index < -0.39 is 23.5 Å². The second kappa shape index (κ2) is 9.92. The maximum Gasteiger partial charge on any atom is 0.347 e. The van der Waals surface area contributed by atoms with Gasteiger partial charge in [0, 0.05) is 19.6 Å². The lowest BCUT2D eigenvalue weighted by Gasteiger charge is -2.33. The van der Waals surface area contributed by atoms with Crippen molar-refractivity contribution in [3.8, 4) is 6.07 Å². The van der Waals surface area contributed by atoms with Crippen LogP contribution >= 0.6 is 0 Å². The molecule has 1 saturated heterocycles. The van der Waals surface area contributed by atoms with Crippen LogP contribution in [-0.2, 0) is 32.1 Å². The Morgan fingerprint density at radius 3 is 2.71 bits per heavy atom. The molecule has 1 aromatic carbocycles. The highest BCUT2D eigenvalue weighted by molar-refractivity contribution is 5.95. The molecular formula is C23H30N4O4. The molecular weight excluding hydrogens is 396 g/mol. The summed E-state index contributed by atoms with van der Waals surface area (Å²) in [6.07, 6.45) is 2.86. The van der Waals surface area contributed by atoms with E-state index in [9.17, 15) is 19.6 Å². The zero-order chi connectivity index (χ0) is 22.4. The van der Waals surface area contributed by atoms with E-state index in [1.54, 1.807) is 4.90 Å². The van der Waals surface area contributed by atoms with Crippen molar-refractivity contribution in [1.82, 2.24) is 9.80 Å². The first-order valence-corrected chi connectivity index (χ1v) is 10.9. The van der Waals surface area contributed by atoms with Crippen LogP contribution in [0.4, 0.5) is 0 Å². The molecule has 2 amide bonds. The van der Waals surface area contributed by atoms with Gasteiger partial charge in [-0.25, -0.2) is 4.79 Å². The average Bonchev–Trinajstić information content (AvgIpc) is 3.23. The third-order valence-electron chi connectivity index (χ3n) is 6.10. The summed E-state index contributed by atoms with van der Waals surface area (Å²) in [5.41, 5.74) is 6.76. The van der Waals surface area contributed by atoms with Crippen molar-refractivity contribution in [2.75, 3.05) is 19.7 Å². The summed E-state index contributed by atoms with van der Waals surface area (Å²) >= 11 is 0. The van der Waals surface area contributed by atoms with Gasteiger partial charge >= 0.3 is 5.97 Å². The van der Waals surface area contributed by atoms with Crippen LogP contribution in [0.2, 0.25) is 0 Å². The van der Waals surface area contributed by atoms with Gasteiger partial charge in [0.15, 0.2) is 0 Å². The van der Waals surface area contributed by atoms with Gasteiger partial charge in [-0.05, 0) is 36.8 Å². The molecule has 166 valence electrons. The van der Waals surface area contributed by atoms with Crippen LogP contribution in [0.25, 0.3) is 0 Å². The van der Waals surface area contributed by atoms with E-state index in [-0.39, 0.29) is 31.9 Å². The number of hydrogen-bond donors (Lipinski definition) is 1. The highest BCUT2D eigenvalue weighted by Gasteiger charge is 2.52. The van der Waals surface area contributed by atoms with Gasteiger partial charge in [0.1, 0.15) is 6.07 Å². The van der Waals surface area contributed by atoms with Crippen LogP contribution in [0, 0.1) is 11.3 Å². The molecule has 0 saturated carbocycles. The van der Waals surface area contributed by atoms with Crippen LogP contribution in [-0.4, -0.2) is 58.9 Å². The van der Waals surface area contributed by atoms with Crippen molar-refractivity contribution in [2.24, 2.45) is 5.73 Å². The first-order chi connectivity index (χ1) is 14.9. The Kier molecular flexibility index (Phi) is 7.29. The SMILES string of the molecule is CCCCOC(=O)C1(C#N)CCCN1C(=O)C(N)CC(=O)N1CCc2ccccc2C1. The first-order valence-electron chi connectivity index (χ1n) is 10.9. The standard InChI is InChI=1S/C23H30N4O4/c1-2-3-13-31-22(30)23(16-24)10-6-11-27(23)21(29)19(25)14-20(28)26-12-9-17-7-4-5-8-18(17)15-26/h4-5,7-8,19H,2-3,6,9-15,25H2,1H3. The minimum absolute atomic E-state index is 0.163. The normalized spacial score (nSPS) is 21.2. The van der Waals surface area contributed by atoms with Crippen molar-refractivity contribution in [2.45, 2.75) is 63.6 Å². The predicted octanol–water partition coefficient (Wildman–Crippen LogP) is 1.52. The molecule has 2 aliphatic heterocycles. The Balaban J connectivity index is 1.64. The predicted molar refractivity (Wildman–Crippen MR) is 113 cm³/mol. The molecule has 0 radical (unpaired) electrons. The number of rotatable bonds is 7. The number of benzene rings is 1. The molecule has 1 fully saturated rings. The van der Waals surface area contributed by atoms with Crippen LogP contribution in [0.3, 0.4) is 0 Å². The lowest BCUT2D eigenvalue weighted by molar-refractivity contribution is -0.158. The molecule has 2 atom stereocenters. The monoisotopic (exact) mass is 426 g/mol. The Morgan fingerprint density at radius 1 is 1.26 bits per heavy atom. The number of carbonyl (C=O) groups is 3. The second-order valence-electron chi connectivity index (χ2n) is 8.20. The number of carbonyl (C=O) groups excluding carboxylic acids is 3. The zero-order valence-corrected chi connectivity index (χ0v) is 18.0. The number of nitriles is 1. The molecule has 0 spiro atoms. The zero-order valence-electron chi connectivity index (χ0n) is 18.0. The van der Waals surface area contributed by atoms with E-state index in [0.717, 1.165) is 18.4 Å². The molecule has 0 aliphatic carbocycles. The van der Waals surface area contributed by atoms with Crippen LogP contribution < -0.4 is 5.73 Å². The average molecular weight is 427 g/mol. The van der Waals surface area contributed by atoms with Gasteiger partial charge in [-0.2, -0.15) is 5.26 Å². The van der Waals surface area contributed by atoms with Crippen LogP contribution in [0.1, 0.15) is 50.2 Å². The van der Waals surface area contributed by atoms with E-state index in [1.165, 1.54) is 10.5 Å². The minimum atomic E-state index is -1.66. The number of fused-ring (bicyclic) bond motifs is 1. The molecule has 2 aliphatic rings. The number of nitrogens with two attached hydrogens (primary N) is 1. The summed E-state index contributed by atoms with van der Waals surface area (Å²) < 4.78 is 5.26. The molecule has 0 aromatic heterocycles. The fourth-order valence-corrected chi connectivity index (χ4v) is 4.23. The van der Waals surface area contributed by atoms with E-state index in [2.05, 4.69) is 6.07 Å². The molecule has 31 heavy (non-hydrogen) atoms. The summed E-state index contributed by atoms with van der Waals surface area (Å²) in [4.78, 5) is 41.4. The quantitative estimate of drug-likeness (QED) is 0.522. The number of nitrogens with zero attached hydrogens (tertiary/aromatic N) is 3. The Hall–Kier alpha value is -2.92. The van der Waals surface area contributed by atoms with Gasteiger partial charge in [0.05, 0.1) is 19.1 Å². The lowest BCUT2D eigenvalue weighted by Crippen LogP contribution is -2.57. The van der Waals surface area contributed by atoms with Crippen molar-refractivity contribution < 1.29 is 19.1 Å². The fraction of sp³-hybridized carbons (Fsp3) is 0.565. The van der Waals surface area contributed by atoms with Crippen molar-refractivity contribution in [1.29, 1.82) is 5.26 Å². The third-order valence-corrected chi connectivity index (χ3v) is 6.10. The molecule has 2 unspecified atom stereocenters. The van der Waals surface area contributed by atoms with E-state index in [4.69, 9.17) is 10.5 Å². The van der Waals surface area contributed by atoms with Gasteiger partial charge in [-0.3, -0.25) is 9.59 Å². The molecule has 1 aromatic rings. The number of ether oxygens (including phenoxy) is 1. The summed E-state index contributed by atoms with van der Waals surface area (Å²) in [5, 5.41) is 9.76. The molecule has 2 heterocycles. The third kappa shape index (κ3) is 4.72.